The lowest BCUT2D eigenvalue weighted by atomic mass is 9.94. The van der Waals surface area contributed by atoms with E-state index < -0.39 is 0 Å². The summed E-state index contributed by atoms with van der Waals surface area (Å²) in [6, 6.07) is 73.8. The molecule has 0 spiro atoms. The number of aromatic nitrogens is 4. The van der Waals surface area contributed by atoms with E-state index in [2.05, 4.69) is 215 Å². The van der Waals surface area contributed by atoms with Crippen LogP contribution in [0.1, 0.15) is 0 Å². The van der Waals surface area contributed by atoms with Gasteiger partial charge in [0.05, 0.1) is 33.3 Å². The lowest BCUT2D eigenvalue weighted by Crippen LogP contribution is -2.03. The zero-order valence-corrected chi connectivity index (χ0v) is 31.4. The summed E-state index contributed by atoms with van der Waals surface area (Å²) in [5, 5.41) is 8.32. The van der Waals surface area contributed by atoms with Crippen LogP contribution in [-0.4, -0.2) is 19.1 Å². The highest BCUT2D eigenvalue weighted by Gasteiger charge is 2.21. The highest BCUT2D eigenvalue weighted by Crippen LogP contribution is 2.43. The van der Waals surface area contributed by atoms with Crippen LogP contribution >= 0.6 is 0 Å². The Morgan fingerprint density at radius 2 is 0.862 bits per heavy atom. The minimum absolute atomic E-state index is 0.647. The van der Waals surface area contributed by atoms with Crippen LogP contribution in [0.4, 0.5) is 0 Å². The van der Waals surface area contributed by atoms with Gasteiger partial charge in [-0.05, 0) is 75.5 Å². The van der Waals surface area contributed by atoms with Gasteiger partial charge in [0, 0.05) is 38.2 Å². The van der Waals surface area contributed by atoms with Gasteiger partial charge in [0.15, 0.2) is 0 Å². The lowest BCUT2D eigenvalue weighted by molar-refractivity contribution is 1.01. The number of fused-ring (bicyclic) bond motifs is 9. The van der Waals surface area contributed by atoms with Gasteiger partial charge >= 0.3 is 0 Å². The Kier molecular flexibility index (Phi) is 7.20. The summed E-state index contributed by atoms with van der Waals surface area (Å²) in [6.45, 7) is 0. The molecule has 270 valence electrons. The second-order valence-electron chi connectivity index (χ2n) is 15.0. The van der Waals surface area contributed by atoms with Crippen LogP contribution in [-0.2, 0) is 0 Å². The van der Waals surface area contributed by atoms with E-state index in [0.717, 1.165) is 49.8 Å². The summed E-state index contributed by atoms with van der Waals surface area (Å²) in [4.78, 5) is 10.7. The Hall–Kier alpha value is -7.82. The number of rotatable bonds is 5. The van der Waals surface area contributed by atoms with Gasteiger partial charge in [0.2, 0.25) is 5.95 Å². The first-order chi connectivity index (χ1) is 28.8. The molecule has 0 radical (unpaired) electrons. The van der Waals surface area contributed by atoms with E-state index in [9.17, 15) is 0 Å². The van der Waals surface area contributed by atoms with E-state index in [-0.39, 0.29) is 0 Å². The maximum absolute atomic E-state index is 5.43. The van der Waals surface area contributed by atoms with Crippen molar-refractivity contribution >= 4 is 65.3 Å². The molecule has 3 heterocycles. The van der Waals surface area contributed by atoms with E-state index in [4.69, 9.17) is 9.97 Å². The van der Waals surface area contributed by atoms with E-state index in [1.165, 1.54) is 54.7 Å². The number of benzene rings is 9. The van der Waals surface area contributed by atoms with Crippen LogP contribution < -0.4 is 0 Å². The van der Waals surface area contributed by atoms with Gasteiger partial charge < -0.3 is 4.57 Å². The van der Waals surface area contributed by atoms with Gasteiger partial charge in [0.25, 0.3) is 0 Å². The molecule has 58 heavy (non-hydrogen) atoms. The van der Waals surface area contributed by atoms with Gasteiger partial charge in [-0.15, -0.1) is 0 Å². The molecule has 0 N–H and O–H groups in total. The average Bonchev–Trinajstić information content (AvgIpc) is 3.81. The Bertz CT molecular complexity index is 3540. The summed E-state index contributed by atoms with van der Waals surface area (Å²) in [5.41, 5.74) is 13.2. The minimum Gasteiger partial charge on any atom is -0.309 e. The fraction of sp³-hybridized carbons (Fsp3) is 0. The molecule has 0 saturated carbocycles. The molecule has 0 fully saturated rings. The molecule has 0 unspecified atom stereocenters. The summed E-state index contributed by atoms with van der Waals surface area (Å²) in [6.07, 6.45) is 0. The molecule has 0 bridgehead atoms. The highest BCUT2D eigenvalue weighted by atomic mass is 15.2. The fourth-order valence-corrected chi connectivity index (χ4v) is 9.11. The van der Waals surface area contributed by atoms with Crippen molar-refractivity contribution in [1.82, 2.24) is 19.1 Å². The third-order valence-electron chi connectivity index (χ3n) is 11.7. The summed E-state index contributed by atoms with van der Waals surface area (Å²) in [7, 11) is 0. The number of hydrogen-bond donors (Lipinski definition) is 0. The van der Waals surface area contributed by atoms with E-state index in [1.807, 2.05) is 0 Å². The molecule has 9 aromatic carbocycles. The number of hydrogen-bond acceptors (Lipinski definition) is 2. The number of nitrogens with zero attached hydrogens (tertiary/aromatic N) is 4. The quantitative estimate of drug-likeness (QED) is 0.176. The van der Waals surface area contributed by atoms with Crippen molar-refractivity contribution in [3.05, 3.63) is 206 Å². The maximum Gasteiger partial charge on any atom is 0.235 e. The highest BCUT2D eigenvalue weighted by molar-refractivity contribution is 6.24. The molecule has 0 aliphatic rings. The van der Waals surface area contributed by atoms with Crippen LogP contribution in [0.3, 0.4) is 0 Å². The molecule has 12 aromatic rings. The van der Waals surface area contributed by atoms with Crippen molar-refractivity contribution in [3.63, 3.8) is 0 Å². The number of para-hydroxylation sites is 4. The van der Waals surface area contributed by atoms with Crippen molar-refractivity contribution in [1.29, 1.82) is 0 Å². The van der Waals surface area contributed by atoms with Gasteiger partial charge in [-0.25, -0.2) is 9.97 Å². The molecular formula is C54H34N4. The van der Waals surface area contributed by atoms with Crippen molar-refractivity contribution in [2.45, 2.75) is 0 Å². The van der Waals surface area contributed by atoms with E-state index in [0.29, 0.717) is 5.95 Å². The van der Waals surface area contributed by atoms with Gasteiger partial charge in [-0.1, -0.05) is 164 Å². The standard InChI is InChI=1S/C54H34N4/c1-3-15-35(16-4-1)36-27-29-37(30-28-36)53-44-22-9-12-24-47(44)55-54(56-53)58-48-25-13-10-20-41(48)42-32-31-38(33-50(42)58)46-34-51-52(43-21-8-7-19-40(43)46)45-23-11-14-26-49(45)57(51)39-17-5-2-6-18-39/h1-34H. The van der Waals surface area contributed by atoms with Crippen LogP contribution in [0.15, 0.2) is 206 Å². The molecule has 3 aromatic heterocycles. The Labute approximate surface area is 334 Å². The second kappa shape index (κ2) is 12.9. The Balaban J connectivity index is 1.11. The van der Waals surface area contributed by atoms with Gasteiger partial charge in [0.1, 0.15) is 0 Å². The molecule has 0 amide bonds. The fourth-order valence-electron chi connectivity index (χ4n) is 9.11. The minimum atomic E-state index is 0.647. The summed E-state index contributed by atoms with van der Waals surface area (Å²) >= 11 is 0. The van der Waals surface area contributed by atoms with Gasteiger partial charge in [-0.2, -0.15) is 0 Å². The maximum atomic E-state index is 5.43. The average molecular weight is 739 g/mol. The molecule has 0 atom stereocenters. The predicted molar refractivity (Wildman–Crippen MR) is 242 cm³/mol. The monoisotopic (exact) mass is 738 g/mol. The lowest BCUT2D eigenvalue weighted by Gasteiger charge is -2.14. The topological polar surface area (TPSA) is 35.6 Å². The molecule has 12 rings (SSSR count). The third kappa shape index (κ3) is 4.95. The zero-order chi connectivity index (χ0) is 38.2. The molecular weight excluding hydrogens is 705 g/mol. The van der Waals surface area contributed by atoms with Crippen LogP contribution in [0.5, 0.6) is 0 Å². The van der Waals surface area contributed by atoms with Crippen LogP contribution in [0.25, 0.3) is 110 Å². The van der Waals surface area contributed by atoms with Crippen LogP contribution in [0.2, 0.25) is 0 Å². The van der Waals surface area contributed by atoms with Gasteiger partial charge in [-0.3, -0.25) is 4.57 Å². The smallest absolute Gasteiger partial charge is 0.235 e. The first-order valence-corrected chi connectivity index (χ1v) is 19.8. The normalized spacial score (nSPS) is 11.8. The first kappa shape index (κ1) is 32.4. The van der Waals surface area contributed by atoms with Crippen LogP contribution in [0, 0.1) is 0 Å². The van der Waals surface area contributed by atoms with Crippen molar-refractivity contribution in [2.24, 2.45) is 0 Å². The largest absolute Gasteiger partial charge is 0.309 e. The van der Waals surface area contributed by atoms with E-state index in [1.54, 1.807) is 0 Å². The molecule has 0 aliphatic heterocycles. The first-order valence-electron chi connectivity index (χ1n) is 19.8. The SMILES string of the molecule is c1ccc(-c2ccc(-c3nc(-n4c5ccccc5c5ccc(-c6cc7c(c8ccccc68)c6ccccc6n7-c6ccccc6)cc54)nc4ccccc34)cc2)cc1. The zero-order valence-electron chi connectivity index (χ0n) is 31.4. The third-order valence-corrected chi connectivity index (χ3v) is 11.7. The molecule has 4 heteroatoms. The second-order valence-corrected chi connectivity index (χ2v) is 15.0. The van der Waals surface area contributed by atoms with Crippen molar-refractivity contribution in [3.8, 4) is 45.1 Å². The summed E-state index contributed by atoms with van der Waals surface area (Å²) < 4.78 is 4.66. The Morgan fingerprint density at radius 1 is 0.310 bits per heavy atom. The molecule has 0 saturated heterocycles. The van der Waals surface area contributed by atoms with E-state index >= 15 is 0 Å². The van der Waals surface area contributed by atoms with Crippen molar-refractivity contribution in [2.75, 3.05) is 0 Å². The molecule has 4 nitrogen and oxygen atoms in total. The predicted octanol–water partition coefficient (Wildman–Crippen LogP) is 14.0. The Morgan fingerprint density at radius 3 is 1.64 bits per heavy atom. The van der Waals surface area contributed by atoms with Crippen molar-refractivity contribution < 1.29 is 0 Å². The summed E-state index contributed by atoms with van der Waals surface area (Å²) in [5.74, 6) is 0.647. The molecule has 0 aliphatic carbocycles.